The van der Waals surface area contributed by atoms with E-state index in [2.05, 4.69) is 138 Å². The smallest absolute Gasteiger partial charge is 0.0564 e. The van der Waals surface area contributed by atoms with Crippen molar-refractivity contribution in [3.63, 3.8) is 0 Å². The van der Waals surface area contributed by atoms with Crippen molar-refractivity contribution in [2.24, 2.45) is 0 Å². The van der Waals surface area contributed by atoms with Gasteiger partial charge in [0.2, 0.25) is 0 Å². The fourth-order valence-electron chi connectivity index (χ4n) is 0. The molecule has 0 atom stereocenters. The van der Waals surface area contributed by atoms with Crippen molar-refractivity contribution in [2.45, 2.75) is 267 Å². The minimum atomic E-state index is 0. The highest BCUT2D eigenvalue weighted by Crippen LogP contribution is 1.80. The van der Waals surface area contributed by atoms with Crippen molar-refractivity contribution in [2.75, 3.05) is 0 Å². The summed E-state index contributed by atoms with van der Waals surface area (Å²) in [6.07, 6.45) is 26.4. The van der Waals surface area contributed by atoms with Crippen LogP contribution in [0, 0.1) is 0 Å². The lowest BCUT2D eigenvalue weighted by molar-refractivity contribution is 0.886. The molecule has 0 saturated heterocycles. The van der Waals surface area contributed by atoms with Crippen molar-refractivity contribution >= 4 is 0 Å². The molecule has 0 aliphatic rings. The highest BCUT2D eigenvalue weighted by molar-refractivity contribution is 4.16. The van der Waals surface area contributed by atoms with Gasteiger partial charge in [-0.05, 0) is 0 Å². The predicted octanol–water partition coefficient (Wildman–Crippen LogP) is 19.6. The first-order valence-corrected chi connectivity index (χ1v) is 19.1. The molecule has 0 aromatic rings. The normalized spacial score (nSPS) is 6.00. The zero-order valence-electron chi connectivity index (χ0n) is 38.2. The van der Waals surface area contributed by atoms with E-state index >= 15 is 0 Å². The van der Waals surface area contributed by atoms with Crippen LogP contribution in [0.1, 0.15) is 267 Å². The number of halogens is 10. The zero-order valence-corrected chi connectivity index (χ0v) is 38.2. The molecule has 0 heterocycles. The standard InChI is InChI=1S/10C4H10.10FH/c10*1-3-4-2;;;;;;;;;;/h10*3-4H2,1-2H3;10*1H. The van der Waals surface area contributed by atoms with Crippen LogP contribution in [-0.2, 0) is 0 Å². The molecule has 340 valence electrons. The first kappa shape index (κ1) is 134. The molecule has 0 aliphatic carbocycles. The molecule has 0 nitrogen and oxygen atoms in total. The van der Waals surface area contributed by atoms with Crippen LogP contribution in [0.25, 0.3) is 0 Å². The molecule has 0 fully saturated rings. The van der Waals surface area contributed by atoms with Gasteiger partial charge in [0.15, 0.2) is 0 Å². The van der Waals surface area contributed by atoms with E-state index in [0.29, 0.717) is 0 Å². The van der Waals surface area contributed by atoms with E-state index in [1.165, 1.54) is 128 Å². The maximum absolute atomic E-state index is 2.18. The Labute approximate surface area is 313 Å². The van der Waals surface area contributed by atoms with Gasteiger partial charge in [0.1, 0.15) is 0 Å². The molecule has 0 bridgehead atoms. The average molecular weight is 781 g/mol. The molecule has 10 heteroatoms. The van der Waals surface area contributed by atoms with Crippen LogP contribution in [0.15, 0.2) is 0 Å². The van der Waals surface area contributed by atoms with Gasteiger partial charge in [0.05, 0.1) is 0 Å². The Kier molecular flexibility index (Phi) is 777. The quantitative estimate of drug-likeness (QED) is 0.194. The lowest BCUT2D eigenvalue weighted by atomic mass is 10.4. The summed E-state index contributed by atoms with van der Waals surface area (Å²) in [5.41, 5.74) is 0. The topological polar surface area (TPSA) is 0 Å². The largest absolute Gasteiger partial charge is 0.269 e. The summed E-state index contributed by atoms with van der Waals surface area (Å²) >= 11 is 0. The molecule has 0 N–H and O–H groups in total. The molecule has 0 rings (SSSR count). The summed E-state index contributed by atoms with van der Waals surface area (Å²) < 4.78 is 0. The number of rotatable bonds is 10. The number of hydrogen-bond donors (Lipinski definition) is 0. The van der Waals surface area contributed by atoms with Crippen LogP contribution in [0.5, 0.6) is 0 Å². The second-order valence-electron chi connectivity index (χ2n) is 10.00. The van der Waals surface area contributed by atoms with Gasteiger partial charge in [0, 0.05) is 0 Å². The Hall–Kier alpha value is -0.700. The van der Waals surface area contributed by atoms with Crippen LogP contribution in [0.3, 0.4) is 0 Å². The van der Waals surface area contributed by atoms with Gasteiger partial charge in [-0.3, -0.25) is 47.0 Å². The highest BCUT2D eigenvalue weighted by atomic mass is 19.0. The third-order valence-electron chi connectivity index (χ3n) is 5.00. The van der Waals surface area contributed by atoms with E-state index < -0.39 is 0 Å². The summed E-state index contributed by atoms with van der Waals surface area (Å²) in [7, 11) is 0. The molecular formula is C40H110F10. The Bertz CT molecular complexity index is 123. The van der Waals surface area contributed by atoms with Gasteiger partial charge in [-0.25, -0.2) is 0 Å². The second kappa shape index (κ2) is 290. The third-order valence-corrected chi connectivity index (χ3v) is 5.00. The Morgan fingerprint density at radius 1 is 0.100 bits per heavy atom. The van der Waals surface area contributed by atoms with Crippen molar-refractivity contribution < 1.29 is 47.0 Å². The SMILES string of the molecule is CCCC.CCCC.CCCC.CCCC.CCCC.CCCC.CCCC.CCCC.CCCC.CCCC.F.F.F.F.F.F.F.F.F.F. The molecular weight excluding hydrogens is 670 g/mol. The van der Waals surface area contributed by atoms with Gasteiger partial charge in [-0.2, -0.15) is 0 Å². The Morgan fingerprint density at radius 2 is 0.120 bits per heavy atom. The van der Waals surface area contributed by atoms with Crippen LogP contribution >= 0.6 is 0 Å². The fourth-order valence-corrected chi connectivity index (χ4v) is 0. The Balaban J connectivity index is -0.0000000109. The predicted molar refractivity (Wildman–Crippen MR) is 231 cm³/mol. The summed E-state index contributed by atoms with van der Waals surface area (Å²) in [6.45, 7) is 43.6. The van der Waals surface area contributed by atoms with E-state index in [-0.39, 0.29) is 47.0 Å². The number of unbranched alkanes of at least 4 members (excludes halogenated alkanes) is 10. The Morgan fingerprint density at radius 3 is 0.120 bits per heavy atom. The fraction of sp³-hybridized carbons (Fsp3) is 1.00. The van der Waals surface area contributed by atoms with Crippen LogP contribution < -0.4 is 0 Å². The zero-order chi connectivity index (χ0) is 34.1. The van der Waals surface area contributed by atoms with E-state index in [1.807, 2.05) is 0 Å². The molecule has 0 aliphatic heterocycles. The molecule has 0 spiro atoms. The molecule has 0 aromatic carbocycles. The van der Waals surface area contributed by atoms with E-state index in [9.17, 15) is 0 Å². The van der Waals surface area contributed by atoms with Gasteiger partial charge < -0.3 is 0 Å². The minimum Gasteiger partial charge on any atom is -0.269 e. The summed E-state index contributed by atoms with van der Waals surface area (Å²) in [5, 5.41) is 0. The van der Waals surface area contributed by atoms with Gasteiger partial charge in [-0.1, -0.05) is 267 Å². The van der Waals surface area contributed by atoms with Gasteiger partial charge in [0.25, 0.3) is 0 Å². The minimum absolute atomic E-state index is 0. The third kappa shape index (κ3) is 1170. The maximum atomic E-state index is 2.18. The van der Waals surface area contributed by atoms with Gasteiger partial charge >= 0.3 is 0 Å². The van der Waals surface area contributed by atoms with E-state index in [4.69, 9.17) is 0 Å². The van der Waals surface area contributed by atoms with Crippen LogP contribution in [-0.4, -0.2) is 0 Å². The molecule has 0 saturated carbocycles. The first-order valence-electron chi connectivity index (χ1n) is 19.1. The number of hydrogen-bond acceptors (Lipinski definition) is 0. The lowest BCUT2D eigenvalue weighted by Gasteiger charge is -1.68. The maximum Gasteiger partial charge on any atom is -0.0564 e. The molecule has 0 radical (unpaired) electrons. The molecule has 0 aromatic heterocycles. The summed E-state index contributed by atoms with van der Waals surface area (Å²) in [5.74, 6) is 0. The van der Waals surface area contributed by atoms with E-state index in [1.54, 1.807) is 0 Å². The summed E-state index contributed by atoms with van der Waals surface area (Å²) in [4.78, 5) is 0. The van der Waals surface area contributed by atoms with Crippen LogP contribution in [0.4, 0.5) is 47.0 Å². The van der Waals surface area contributed by atoms with Crippen molar-refractivity contribution in [1.29, 1.82) is 0 Å². The van der Waals surface area contributed by atoms with Crippen LogP contribution in [0.2, 0.25) is 0 Å². The van der Waals surface area contributed by atoms with Gasteiger partial charge in [-0.15, -0.1) is 0 Å². The monoisotopic (exact) mass is 781 g/mol. The average Bonchev–Trinajstić information content (AvgIpc) is 3.05. The molecule has 0 amide bonds. The summed E-state index contributed by atoms with van der Waals surface area (Å²) in [6, 6.07) is 0. The van der Waals surface area contributed by atoms with Crippen molar-refractivity contribution in [1.82, 2.24) is 0 Å². The first-order chi connectivity index (χ1) is 19.1. The van der Waals surface area contributed by atoms with Crippen molar-refractivity contribution in [3.8, 4) is 0 Å². The second-order valence-corrected chi connectivity index (χ2v) is 10.00. The highest BCUT2D eigenvalue weighted by Gasteiger charge is 1.59. The molecule has 50 heavy (non-hydrogen) atoms. The lowest BCUT2D eigenvalue weighted by Crippen LogP contribution is -1.47. The van der Waals surface area contributed by atoms with E-state index in [0.717, 1.165) is 0 Å². The van der Waals surface area contributed by atoms with Crippen molar-refractivity contribution in [3.05, 3.63) is 0 Å². The molecule has 0 unspecified atom stereocenters.